The first-order valence-electron chi connectivity index (χ1n) is 5.96. The van der Waals surface area contributed by atoms with Crippen molar-refractivity contribution in [2.75, 3.05) is 0 Å². The number of nitrogens with zero attached hydrogens (tertiary/aromatic N) is 1. The zero-order valence-electron chi connectivity index (χ0n) is 10.8. The normalized spacial score (nSPS) is 12.4. The van der Waals surface area contributed by atoms with Crippen LogP contribution in [0.3, 0.4) is 0 Å². The van der Waals surface area contributed by atoms with E-state index in [1.807, 2.05) is 12.1 Å². The molecule has 1 aromatic heterocycles. The largest absolute Gasteiger partial charge is 0.389 e. The predicted molar refractivity (Wildman–Crippen MR) is 74.9 cm³/mol. The average molecular weight is 259 g/mol. The summed E-state index contributed by atoms with van der Waals surface area (Å²) in [5.41, 5.74) is 3.34. The zero-order chi connectivity index (χ0) is 13.1. The number of benzene rings is 1. The maximum atomic E-state index is 9.75. The smallest absolute Gasteiger partial charge is 0.107 e. The first-order chi connectivity index (χ1) is 8.58. The molecule has 0 aliphatic rings. The third-order valence-corrected chi connectivity index (χ3v) is 4.00. The Labute approximate surface area is 112 Å². The van der Waals surface area contributed by atoms with Crippen LogP contribution in [0.15, 0.2) is 46.5 Å². The summed E-state index contributed by atoms with van der Waals surface area (Å²) in [5.74, 6) is 0. The van der Waals surface area contributed by atoms with E-state index >= 15 is 0 Å². The number of hydrogen-bond acceptors (Lipinski definition) is 3. The molecule has 0 saturated carbocycles. The Morgan fingerprint density at radius 2 is 2.00 bits per heavy atom. The van der Waals surface area contributed by atoms with Crippen molar-refractivity contribution in [3.8, 4) is 0 Å². The lowest BCUT2D eigenvalue weighted by Gasteiger charge is -2.11. The highest BCUT2D eigenvalue weighted by Crippen LogP contribution is 2.33. The van der Waals surface area contributed by atoms with Gasteiger partial charge in [-0.2, -0.15) is 0 Å². The molecule has 2 rings (SSSR count). The maximum absolute atomic E-state index is 9.75. The second-order valence-corrected chi connectivity index (χ2v) is 5.48. The van der Waals surface area contributed by atoms with Crippen LogP contribution in [0.5, 0.6) is 0 Å². The lowest BCUT2D eigenvalue weighted by Crippen LogP contribution is -1.96. The highest BCUT2D eigenvalue weighted by Gasteiger charge is 2.11. The molecule has 1 aromatic carbocycles. The van der Waals surface area contributed by atoms with Crippen molar-refractivity contribution in [3.05, 3.63) is 53.2 Å². The first kappa shape index (κ1) is 13.1. The third kappa shape index (κ3) is 2.92. The molecule has 0 aliphatic heterocycles. The Morgan fingerprint density at radius 1 is 1.22 bits per heavy atom. The van der Waals surface area contributed by atoms with Crippen LogP contribution in [0.1, 0.15) is 29.7 Å². The Balaban J connectivity index is 2.37. The number of aromatic nitrogens is 1. The second-order valence-electron chi connectivity index (χ2n) is 4.44. The summed E-state index contributed by atoms with van der Waals surface area (Å²) < 4.78 is 0. The van der Waals surface area contributed by atoms with E-state index in [0.717, 1.165) is 10.6 Å². The van der Waals surface area contributed by atoms with Crippen molar-refractivity contribution in [1.29, 1.82) is 0 Å². The standard InChI is InChI=1S/C15H17NOS/c1-10-6-7-11(2)14(9-10)18-15-13(12(3)17)5-4-8-16-15/h4-9,12,17H,1-3H3. The topological polar surface area (TPSA) is 33.1 Å². The van der Waals surface area contributed by atoms with Crippen LogP contribution in [0.25, 0.3) is 0 Å². The average Bonchev–Trinajstić information content (AvgIpc) is 2.34. The SMILES string of the molecule is Cc1ccc(C)c(Sc2ncccc2C(C)O)c1. The number of aryl methyl sites for hydroxylation is 2. The van der Waals surface area contributed by atoms with Gasteiger partial charge in [-0.3, -0.25) is 0 Å². The van der Waals surface area contributed by atoms with Gasteiger partial charge in [0.25, 0.3) is 0 Å². The molecule has 0 amide bonds. The van der Waals surface area contributed by atoms with Gasteiger partial charge in [0.05, 0.1) is 6.10 Å². The summed E-state index contributed by atoms with van der Waals surface area (Å²) in [4.78, 5) is 5.56. The molecule has 94 valence electrons. The Bertz CT molecular complexity index is 552. The van der Waals surface area contributed by atoms with E-state index in [-0.39, 0.29) is 0 Å². The van der Waals surface area contributed by atoms with Gasteiger partial charge in [0, 0.05) is 16.7 Å². The Morgan fingerprint density at radius 3 is 2.72 bits per heavy atom. The molecule has 1 unspecified atom stereocenters. The van der Waals surface area contributed by atoms with Crippen molar-refractivity contribution in [2.24, 2.45) is 0 Å². The van der Waals surface area contributed by atoms with Gasteiger partial charge in [-0.15, -0.1) is 0 Å². The minimum absolute atomic E-state index is 0.494. The molecule has 0 spiro atoms. The van der Waals surface area contributed by atoms with Crippen molar-refractivity contribution in [2.45, 2.75) is 36.8 Å². The molecule has 1 heterocycles. The molecule has 18 heavy (non-hydrogen) atoms. The maximum Gasteiger partial charge on any atom is 0.107 e. The molecule has 0 saturated heterocycles. The van der Waals surface area contributed by atoms with Gasteiger partial charge >= 0.3 is 0 Å². The van der Waals surface area contributed by atoms with Crippen molar-refractivity contribution < 1.29 is 5.11 Å². The number of hydrogen-bond donors (Lipinski definition) is 1. The van der Waals surface area contributed by atoms with Gasteiger partial charge in [0.15, 0.2) is 0 Å². The number of pyridine rings is 1. The zero-order valence-corrected chi connectivity index (χ0v) is 11.7. The number of rotatable bonds is 3. The lowest BCUT2D eigenvalue weighted by molar-refractivity contribution is 0.195. The summed E-state index contributed by atoms with van der Waals surface area (Å²) in [7, 11) is 0. The molecule has 3 heteroatoms. The van der Waals surface area contributed by atoms with Gasteiger partial charge < -0.3 is 5.11 Å². The molecule has 0 fully saturated rings. The van der Waals surface area contributed by atoms with Crippen LogP contribution < -0.4 is 0 Å². The van der Waals surface area contributed by atoms with Gasteiger partial charge in [-0.1, -0.05) is 30.0 Å². The van der Waals surface area contributed by atoms with Crippen molar-refractivity contribution in [3.63, 3.8) is 0 Å². The Kier molecular flexibility index (Phi) is 4.04. The van der Waals surface area contributed by atoms with Crippen LogP contribution >= 0.6 is 11.8 Å². The van der Waals surface area contributed by atoms with Gasteiger partial charge in [-0.05, 0) is 44.0 Å². The van der Waals surface area contributed by atoms with Gasteiger partial charge in [-0.25, -0.2) is 4.98 Å². The minimum atomic E-state index is -0.494. The predicted octanol–water partition coefficient (Wildman–Crippen LogP) is 3.90. The molecule has 1 atom stereocenters. The van der Waals surface area contributed by atoms with Crippen LogP contribution in [0, 0.1) is 13.8 Å². The van der Waals surface area contributed by atoms with E-state index in [0.29, 0.717) is 0 Å². The first-order valence-corrected chi connectivity index (χ1v) is 6.77. The quantitative estimate of drug-likeness (QED) is 0.907. The molecule has 0 bridgehead atoms. The third-order valence-electron chi connectivity index (χ3n) is 2.80. The highest BCUT2D eigenvalue weighted by molar-refractivity contribution is 7.99. The molecule has 0 radical (unpaired) electrons. The summed E-state index contributed by atoms with van der Waals surface area (Å²) in [6.45, 7) is 5.94. The van der Waals surface area contributed by atoms with Crippen molar-refractivity contribution >= 4 is 11.8 Å². The van der Waals surface area contributed by atoms with Crippen LogP contribution in [0.4, 0.5) is 0 Å². The highest BCUT2D eigenvalue weighted by atomic mass is 32.2. The van der Waals surface area contributed by atoms with Crippen LogP contribution in [-0.4, -0.2) is 10.1 Å². The number of aliphatic hydroxyl groups is 1. The molecular formula is C15H17NOS. The fourth-order valence-corrected chi connectivity index (χ4v) is 2.88. The fraction of sp³-hybridized carbons (Fsp3) is 0.267. The summed E-state index contributed by atoms with van der Waals surface area (Å²) in [6.07, 6.45) is 1.27. The van der Waals surface area contributed by atoms with E-state index in [9.17, 15) is 5.11 Å². The fourth-order valence-electron chi connectivity index (χ4n) is 1.73. The molecule has 1 N–H and O–H groups in total. The Hall–Kier alpha value is -1.32. The van der Waals surface area contributed by atoms with E-state index in [4.69, 9.17) is 0 Å². The second kappa shape index (κ2) is 5.55. The van der Waals surface area contributed by atoms with E-state index < -0.39 is 6.10 Å². The van der Waals surface area contributed by atoms with Crippen molar-refractivity contribution in [1.82, 2.24) is 4.98 Å². The molecule has 0 aliphatic carbocycles. The molecule has 2 nitrogen and oxygen atoms in total. The summed E-state index contributed by atoms with van der Waals surface area (Å²) in [5, 5.41) is 10.6. The van der Waals surface area contributed by atoms with E-state index in [1.54, 1.807) is 24.9 Å². The molecular weight excluding hydrogens is 242 g/mol. The monoisotopic (exact) mass is 259 g/mol. The van der Waals surface area contributed by atoms with Gasteiger partial charge in [0.2, 0.25) is 0 Å². The van der Waals surface area contributed by atoms with Crippen LogP contribution in [-0.2, 0) is 0 Å². The number of aliphatic hydroxyl groups excluding tert-OH is 1. The lowest BCUT2D eigenvalue weighted by atomic mass is 10.2. The van der Waals surface area contributed by atoms with Crippen LogP contribution in [0.2, 0.25) is 0 Å². The van der Waals surface area contributed by atoms with Gasteiger partial charge in [0.1, 0.15) is 5.03 Å². The summed E-state index contributed by atoms with van der Waals surface area (Å²) >= 11 is 1.61. The minimum Gasteiger partial charge on any atom is -0.389 e. The van der Waals surface area contributed by atoms with E-state index in [1.165, 1.54) is 16.0 Å². The summed E-state index contributed by atoms with van der Waals surface area (Å²) in [6, 6.07) is 10.1. The van der Waals surface area contributed by atoms with E-state index in [2.05, 4.69) is 37.0 Å². The molecule has 2 aromatic rings.